The van der Waals surface area contributed by atoms with Crippen LogP contribution in [0.25, 0.3) is 0 Å². The van der Waals surface area contributed by atoms with Crippen LogP contribution in [0.15, 0.2) is 102 Å². The van der Waals surface area contributed by atoms with Gasteiger partial charge in [-0.15, -0.1) is 0 Å². The highest BCUT2D eigenvalue weighted by Crippen LogP contribution is 2.30. The van der Waals surface area contributed by atoms with Gasteiger partial charge in [0.05, 0.1) is 10.6 Å². The van der Waals surface area contributed by atoms with Crippen LogP contribution < -0.4 is 9.62 Å². The zero-order valence-corrected chi connectivity index (χ0v) is 28.0. The first-order valence-corrected chi connectivity index (χ1v) is 17.1. The number of hydrogen-bond donors (Lipinski definition) is 1. The molecule has 1 N–H and O–H groups in total. The highest BCUT2D eigenvalue weighted by Gasteiger charge is 2.34. The maximum atomic E-state index is 14.5. The molecule has 4 rings (SSSR count). The third-order valence-corrected chi connectivity index (χ3v) is 9.61. The van der Waals surface area contributed by atoms with Gasteiger partial charge in [0.1, 0.15) is 18.4 Å². The topological polar surface area (TPSA) is 86.8 Å². The molecule has 0 aliphatic rings. The van der Waals surface area contributed by atoms with Gasteiger partial charge in [0.2, 0.25) is 11.8 Å². The van der Waals surface area contributed by atoms with Crippen LogP contribution in [0.2, 0.25) is 10.0 Å². The van der Waals surface area contributed by atoms with E-state index in [1.165, 1.54) is 59.5 Å². The molecule has 46 heavy (non-hydrogen) atoms. The van der Waals surface area contributed by atoms with E-state index in [-0.39, 0.29) is 39.5 Å². The molecule has 2 amide bonds. The Labute approximate surface area is 280 Å². The molecule has 0 radical (unpaired) electrons. The summed E-state index contributed by atoms with van der Waals surface area (Å²) >= 11 is 12.6. The lowest BCUT2D eigenvalue weighted by Crippen LogP contribution is -2.53. The van der Waals surface area contributed by atoms with Crippen LogP contribution in [0.5, 0.6) is 0 Å². The minimum Gasteiger partial charge on any atom is -0.354 e. The second-order valence-electron chi connectivity index (χ2n) is 11.0. The molecular weight excluding hydrogens is 648 g/mol. The summed E-state index contributed by atoms with van der Waals surface area (Å²) in [5.74, 6) is -1.48. The Hall–Kier alpha value is -3.92. The lowest BCUT2D eigenvalue weighted by Gasteiger charge is -2.34. The monoisotopic (exact) mass is 683 g/mol. The standard InChI is InChI=1S/C35H36Cl2FN3O4S/c1-3-4-18-39-35(43)33(19-26-8-6-5-7-9-26)40(23-27-12-14-30(38)15-13-27)34(42)24-41(31-21-28(36)20-29(37)22-31)46(44,45)32-16-10-25(2)11-17-32/h5-17,20-22,33H,3-4,18-19,23-24H2,1-2H3,(H,39,43)/t33-/m0/s1. The van der Waals surface area contributed by atoms with Crippen LogP contribution in [-0.2, 0) is 32.6 Å². The van der Waals surface area contributed by atoms with Gasteiger partial charge >= 0.3 is 0 Å². The van der Waals surface area contributed by atoms with Crippen LogP contribution in [0.4, 0.5) is 10.1 Å². The maximum absolute atomic E-state index is 14.5. The molecule has 0 saturated carbocycles. The molecule has 0 bridgehead atoms. The van der Waals surface area contributed by atoms with E-state index >= 15 is 0 Å². The quantitative estimate of drug-likeness (QED) is 0.143. The number of hydrogen-bond acceptors (Lipinski definition) is 4. The molecule has 0 aliphatic carbocycles. The first-order valence-electron chi connectivity index (χ1n) is 14.9. The minimum atomic E-state index is -4.32. The number of nitrogens with zero attached hydrogens (tertiary/aromatic N) is 2. The van der Waals surface area contributed by atoms with Crippen LogP contribution >= 0.6 is 23.2 Å². The van der Waals surface area contributed by atoms with E-state index in [0.29, 0.717) is 12.1 Å². The Kier molecular flexibility index (Phi) is 12.2. The van der Waals surface area contributed by atoms with E-state index in [1.807, 2.05) is 44.2 Å². The fourth-order valence-electron chi connectivity index (χ4n) is 4.90. The number of sulfonamides is 1. The van der Waals surface area contributed by atoms with Gasteiger partial charge in [-0.2, -0.15) is 0 Å². The average molecular weight is 685 g/mol. The van der Waals surface area contributed by atoms with Crippen LogP contribution in [0, 0.1) is 12.7 Å². The third-order valence-electron chi connectivity index (χ3n) is 7.39. The average Bonchev–Trinajstić information content (AvgIpc) is 3.02. The predicted molar refractivity (Wildman–Crippen MR) is 181 cm³/mol. The number of halogens is 3. The van der Waals surface area contributed by atoms with E-state index in [2.05, 4.69) is 5.32 Å². The van der Waals surface area contributed by atoms with Gasteiger partial charge < -0.3 is 10.2 Å². The summed E-state index contributed by atoms with van der Waals surface area (Å²) in [6.45, 7) is 3.51. The van der Waals surface area contributed by atoms with Gasteiger partial charge in [0, 0.05) is 29.6 Å². The molecular formula is C35H36Cl2FN3O4S. The van der Waals surface area contributed by atoms with Gasteiger partial charge in [-0.05, 0) is 66.9 Å². The molecule has 4 aromatic rings. The molecule has 0 fully saturated rings. The molecule has 242 valence electrons. The Morgan fingerprint density at radius 3 is 2.11 bits per heavy atom. The highest BCUT2D eigenvalue weighted by molar-refractivity contribution is 7.92. The number of amides is 2. The number of carbonyl (C=O) groups excluding carboxylic acids is 2. The number of benzene rings is 4. The molecule has 0 unspecified atom stereocenters. The van der Waals surface area contributed by atoms with Crippen LogP contribution in [0.3, 0.4) is 0 Å². The summed E-state index contributed by atoms with van der Waals surface area (Å²) in [4.78, 5) is 29.6. The molecule has 0 spiro atoms. The first kappa shape index (κ1) is 34.9. The number of aryl methyl sites for hydroxylation is 1. The van der Waals surface area contributed by atoms with Crippen molar-refractivity contribution in [2.75, 3.05) is 17.4 Å². The fourth-order valence-corrected chi connectivity index (χ4v) is 6.81. The Morgan fingerprint density at radius 2 is 1.50 bits per heavy atom. The maximum Gasteiger partial charge on any atom is 0.264 e. The Bertz CT molecular complexity index is 1720. The second-order valence-corrected chi connectivity index (χ2v) is 13.7. The number of nitrogens with one attached hydrogen (secondary N) is 1. The van der Waals surface area contributed by atoms with Crippen molar-refractivity contribution in [1.82, 2.24) is 10.2 Å². The smallest absolute Gasteiger partial charge is 0.264 e. The van der Waals surface area contributed by atoms with Gasteiger partial charge in [-0.3, -0.25) is 13.9 Å². The number of rotatable bonds is 14. The summed E-state index contributed by atoms with van der Waals surface area (Å²) < 4.78 is 43.1. The lowest BCUT2D eigenvalue weighted by atomic mass is 10.0. The normalized spacial score (nSPS) is 11.9. The molecule has 4 aromatic carbocycles. The Balaban J connectivity index is 1.81. The van der Waals surface area contributed by atoms with Gasteiger partial charge in [0.25, 0.3) is 10.0 Å². The molecule has 0 saturated heterocycles. The van der Waals surface area contributed by atoms with E-state index in [9.17, 15) is 22.4 Å². The number of carbonyl (C=O) groups is 2. The van der Waals surface area contributed by atoms with Crippen molar-refractivity contribution in [2.45, 2.75) is 50.6 Å². The molecule has 0 aromatic heterocycles. The van der Waals surface area contributed by atoms with Crippen molar-refractivity contribution in [3.63, 3.8) is 0 Å². The first-order chi connectivity index (χ1) is 22.0. The van der Waals surface area contributed by atoms with E-state index in [1.54, 1.807) is 12.1 Å². The zero-order chi connectivity index (χ0) is 33.3. The van der Waals surface area contributed by atoms with E-state index in [4.69, 9.17) is 23.2 Å². The Morgan fingerprint density at radius 1 is 0.870 bits per heavy atom. The number of anilines is 1. The molecule has 0 aliphatic heterocycles. The second kappa shape index (κ2) is 16.1. The van der Waals surface area contributed by atoms with Crippen molar-refractivity contribution < 1.29 is 22.4 Å². The lowest BCUT2D eigenvalue weighted by molar-refractivity contribution is -0.140. The van der Waals surface area contributed by atoms with E-state index in [0.717, 1.165) is 28.3 Å². The summed E-state index contributed by atoms with van der Waals surface area (Å²) in [5.41, 5.74) is 2.31. The van der Waals surface area contributed by atoms with Gasteiger partial charge in [0.15, 0.2) is 0 Å². The summed E-state index contributed by atoms with van der Waals surface area (Å²) in [6, 6.07) is 24.4. The SMILES string of the molecule is CCCCNC(=O)[C@H](Cc1ccccc1)N(Cc1ccc(F)cc1)C(=O)CN(c1cc(Cl)cc(Cl)c1)S(=O)(=O)c1ccc(C)cc1. The minimum absolute atomic E-state index is 0.0368. The molecule has 0 heterocycles. The predicted octanol–water partition coefficient (Wildman–Crippen LogP) is 7.19. The molecule has 11 heteroatoms. The third kappa shape index (κ3) is 9.31. The van der Waals surface area contributed by atoms with Crippen molar-refractivity contribution >= 4 is 50.7 Å². The highest BCUT2D eigenvalue weighted by atomic mass is 35.5. The molecule has 1 atom stereocenters. The van der Waals surface area contributed by atoms with Crippen molar-refractivity contribution in [3.8, 4) is 0 Å². The van der Waals surface area contributed by atoms with Crippen molar-refractivity contribution in [2.24, 2.45) is 0 Å². The van der Waals surface area contributed by atoms with Crippen LogP contribution in [-0.4, -0.2) is 44.3 Å². The summed E-state index contributed by atoms with van der Waals surface area (Å²) in [6.07, 6.45) is 1.77. The van der Waals surface area contributed by atoms with Crippen molar-refractivity contribution in [1.29, 1.82) is 0 Å². The summed E-state index contributed by atoms with van der Waals surface area (Å²) in [7, 11) is -4.32. The molecule has 7 nitrogen and oxygen atoms in total. The van der Waals surface area contributed by atoms with Gasteiger partial charge in [-0.25, -0.2) is 12.8 Å². The van der Waals surface area contributed by atoms with Crippen LogP contribution in [0.1, 0.15) is 36.5 Å². The number of unbranched alkanes of at least 4 members (excludes halogenated alkanes) is 1. The fraction of sp³-hybridized carbons (Fsp3) is 0.257. The van der Waals surface area contributed by atoms with Crippen molar-refractivity contribution in [3.05, 3.63) is 130 Å². The summed E-state index contributed by atoms with van der Waals surface area (Å²) in [5, 5.41) is 3.30. The van der Waals surface area contributed by atoms with E-state index < -0.39 is 34.3 Å². The largest absolute Gasteiger partial charge is 0.354 e. The zero-order valence-electron chi connectivity index (χ0n) is 25.6. The van der Waals surface area contributed by atoms with Gasteiger partial charge in [-0.1, -0.05) is 96.7 Å².